The molecule has 1 amide bonds. The molecule has 1 atom stereocenters. The molecular weight excluding hydrogens is 342 g/mol. The van der Waals surface area contributed by atoms with Gasteiger partial charge in [0.15, 0.2) is 0 Å². The number of aromatic amines is 1. The van der Waals surface area contributed by atoms with E-state index in [1.165, 1.54) is 10.5 Å². The molecule has 4 nitrogen and oxygen atoms in total. The zero-order chi connectivity index (χ0) is 18.5. The van der Waals surface area contributed by atoms with Crippen molar-refractivity contribution in [3.8, 4) is 0 Å². The van der Waals surface area contributed by atoms with Gasteiger partial charge >= 0.3 is 0 Å². The van der Waals surface area contributed by atoms with Crippen LogP contribution in [0.4, 0.5) is 0 Å². The fourth-order valence-electron chi connectivity index (χ4n) is 2.81. The second-order valence-electron chi connectivity index (χ2n) is 6.84. The van der Waals surface area contributed by atoms with Crippen LogP contribution in [0.5, 0.6) is 0 Å². The minimum absolute atomic E-state index is 0.0590. The van der Waals surface area contributed by atoms with E-state index >= 15 is 0 Å². The van der Waals surface area contributed by atoms with Crippen LogP contribution in [-0.4, -0.2) is 21.6 Å². The molecule has 1 heterocycles. The summed E-state index contributed by atoms with van der Waals surface area (Å²) in [7, 11) is 0. The topological polar surface area (TPSA) is 57.8 Å². The highest BCUT2D eigenvalue weighted by molar-refractivity contribution is 7.99. The predicted molar refractivity (Wildman–Crippen MR) is 108 cm³/mol. The largest absolute Gasteiger partial charge is 0.346 e. The second kappa shape index (κ2) is 8.41. The van der Waals surface area contributed by atoms with Gasteiger partial charge in [-0.25, -0.2) is 4.98 Å². The lowest BCUT2D eigenvalue weighted by Crippen LogP contribution is -2.32. The number of rotatable bonds is 7. The van der Waals surface area contributed by atoms with Crippen LogP contribution in [0.1, 0.15) is 37.7 Å². The molecule has 136 valence electrons. The van der Waals surface area contributed by atoms with E-state index in [2.05, 4.69) is 60.3 Å². The van der Waals surface area contributed by atoms with Crippen molar-refractivity contribution in [3.05, 3.63) is 59.9 Å². The Morgan fingerprint density at radius 1 is 1.15 bits per heavy atom. The van der Waals surface area contributed by atoms with Crippen LogP contribution in [0, 0.1) is 12.8 Å². The Bertz CT molecular complexity index is 837. The summed E-state index contributed by atoms with van der Waals surface area (Å²) in [4.78, 5) is 21.6. The van der Waals surface area contributed by atoms with E-state index in [1.807, 2.05) is 24.3 Å². The number of nitrogens with one attached hydrogen (secondary N) is 2. The molecule has 5 heteroatoms. The molecule has 0 fully saturated rings. The van der Waals surface area contributed by atoms with Crippen LogP contribution in [0.3, 0.4) is 0 Å². The highest BCUT2D eigenvalue weighted by atomic mass is 32.2. The Morgan fingerprint density at radius 2 is 1.88 bits per heavy atom. The van der Waals surface area contributed by atoms with Gasteiger partial charge in [-0.3, -0.25) is 4.79 Å². The van der Waals surface area contributed by atoms with Gasteiger partial charge < -0.3 is 10.3 Å². The van der Waals surface area contributed by atoms with Gasteiger partial charge in [-0.05, 0) is 37.1 Å². The minimum Gasteiger partial charge on any atom is -0.346 e. The Morgan fingerprint density at radius 3 is 2.58 bits per heavy atom. The number of amides is 1. The molecule has 3 aromatic rings. The third kappa shape index (κ3) is 4.67. The molecular formula is C21H25N3OS. The van der Waals surface area contributed by atoms with Crippen molar-refractivity contribution in [2.24, 2.45) is 5.92 Å². The number of carbonyl (C=O) groups excluding carboxylic acids is 1. The van der Waals surface area contributed by atoms with Gasteiger partial charge in [0.2, 0.25) is 5.91 Å². The Balaban J connectivity index is 1.58. The molecule has 0 aliphatic carbocycles. The first kappa shape index (κ1) is 18.5. The molecule has 0 saturated carbocycles. The molecule has 0 aliphatic rings. The zero-order valence-electron chi connectivity index (χ0n) is 15.5. The summed E-state index contributed by atoms with van der Waals surface area (Å²) in [6, 6.07) is 16.2. The summed E-state index contributed by atoms with van der Waals surface area (Å²) < 4.78 is 0. The minimum atomic E-state index is -0.112. The summed E-state index contributed by atoms with van der Waals surface area (Å²) >= 11 is 1.71. The van der Waals surface area contributed by atoms with E-state index in [4.69, 9.17) is 0 Å². The fourth-order valence-corrected chi connectivity index (χ4v) is 3.66. The van der Waals surface area contributed by atoms with Gasteiger partial charge in [-0.2, -0.15) is 0 Å². The molecule has 26 heavy (non-hydrogen) atoms. The van der Waals surface area contributed by atoms with E-state index in [0.717, 1.165) is 22.6 Å². The smallest absolute Gasteiger partial charge is 0.221 e. The van der Waals surface area contributed by atoms with Crippen LogP contribution in [0.25, 0.3) is 11.0 Å². The number of H-pyrrole nitrogens is 1. The third-order valence-corrected chi connectivity index (χ3v) is 5.32. The summed E-state index contributed by atoms with van der Waals surface area (Å²) in [5.74, 6) is 1.90. The molecule has 0 bridgehead atoms. The molecule has 1 aromatic heterocycles. The lowest BCUT2D eigenvalue weighted by molar-refractivity contribution is -0.121. The van der Waals surface area contributed by atoms with Crippen molar-refractivity contribution >= 4 is 28.7 Å². The van der Waals surface area contributed by atoms with Crippen LogP contribution in [-0.2, 0) is 4.79 Å². The van der Waals surface area contributed by atoms with E-state index in [0.29, 0.717) is 6.42 Å². The van der Waals surface area contributed by atoms with Gasteiger partial charge in [-0.1, -0.05) is 43.7 Å². The molecule has 0 aliphatic heterocycles. The molecule has 2 aromatic carbocycles. The Labute approximate surface area is 158 Å². The molecule has 0 spiro atoms. The van der Waals surface area contributed by atoms with Gasteiger partial charge in [0.05, 0.1) is 17.1 Å². The van der Waals surface area contributed by atoms with Crippen LogP contribution < -0.4 is 5.32 Å². The highest BCUT2D eigenvalue weighted by Crippen LogP contribution is 2.23. The zero-order valence-corrected chi connectivity index (χ0v) is 16.3. The van der Waals surface area contributed by atoms with Gasteiger partial charge in [0.1, 0.15) is 5.82 Å². The predicted octanol–water partition coefficient (Wildman–Crippen LogP) is 4.87. The monoisotopic (exact) mass is 367 g/mol. The molecule has 0 radical (unpaired) electrons. The first-order valence-electron chi connectivity index (χ1n) is 8.96. The number of benzene rings is 2. The van der Waals surface area contributed by atoms with Crippen LogP contribution in [0.2, 0.25) is 0 Å². The number of thioether (sulfide) groups is 1. The summed E-state index contributed by atoms with van der Waals surface area (Å²) in [5, 5.41) is 3.14. The van der Waals surface area contributed by atoms with Gasteiger partial charge in [0, 0.05) is 17.1 Å². The standard InChI is InChI=1S/C21H25N3OS/c1-14(2)20(21-22-17-6-4-5-7-18(17)23-21)24-19(25)12-13-26-16-10-8-15(3)9-11-16/h4-11,14,20H,12-13H2,1-3H3,(H,22,23)(H,24,25). The van der Waals surface area contributed by atoms with E-state index in [1.54, 1.807) is 11.8 Å². The summed E-state index contributed by atoms with van der Waals surface area (Å²) in [6.45, 7) is 6.27. The molecule has 2 N–H and O–H groups in total. The van der Waals surface area contributed by atoms with Crippen LogP contribution in [0.15, 0.2) is 53.4 Å². The maximum Gasteiger partial charge on any atom is 0.221 e. The molecule has 3 rings (SSSR count). The van der Waals surface area contributed by atoms with Crippen molar-refractivity contribution in [1.29, 1.82) is 0 Å². The van der Waals surface area contributed by atoms with Crippen molar-refractivity contribution in [2.75, 3.05) is 5.75 Å². The van der Waals surface area contributed by atoms with E-state index < -0.39 is 0 Å². The number of nitrogens with zero attached hydrogens (tertiary/aromatic N) is 1. The fraction of sp³-hybridized carbons (Fsp3) is 0.333. The number of hydrogen-bond donors (Lipinski definition) is 2. The van der Waals surface area contributed by atoms with Crippen molar-refractivity contribution in [3.63, 3.8) is 0 Å². The van der Waals surface area contributed by atoms with Crippen molar-refractivity contribution < 1.29 is 4.79 Å². The number of aromatic nitrogens is 2. The third-order valence-electron chi connectivity index (χ3n) is 4.30. The van der Waals surface area contributed by atoms with E-state index in [-0.39, 0.29) is 17.9 Å². The van der Waals surface area contributed by atoms with Gasteiger partial charge in [0.25, 0.3) is 0 Å². The quantitative estimate of drug-likeness (QED) is 0.586. The lowest BCUT2D eigenvalue weighted by Gasteiger charge is -2.20. The average molecular weight is 368 g/mol. The number of hydrogen-bond acceptors (Lipinski definition) is 3. The Hall–Kier alpha value is -2.27. The number of imidazole rings is 1. The maximum atomic E-state index is 12.4. The number of carbonyl (C=O) groups is 1. The number of aryl methyl sites for hydroxylation is 1. The summed E-state index contributed by atoms with van der Waals surface area (Å²) in [5.41, 5.74) is 3.17. The molecule has 0 saturated heterocycles. The maximum absolute atomic E-state index is 12.4. The number of fused-ring (bicyclic) bond motifs is 1. The first-order chi connectivity index (χ1) is 12.5. The van der Waals surface area contributed by atoms with Crippen LogP contribution >= 0.6 is 11.8 Å². The normalized spacial score (nSPS) is 12.5. The van der Waals surface area contributed by atoms with Gasteiger partial charge in [-0.15, -0.1) is 11.8 Å². The average Bonchev–Trinajstić information content (AvgIpc) is 3.05. The number of para-hydroxylation sites is 2. The summed E-state index contributed by atoms with van der Waals surface area (Å²) in [6.07, 6.45) is 0.488. The highest BCUT2D eigenvalue weighted by Gasteiger charge is 2.21. The van der Waals surface area contributed by atoms with Crippen molar-refractivity contribution in [2.45, 2.75) is 38.1 Å². The Kier molecular flexibility index (Phi) is 5.99. The van der Waals surface area contributed by atoms with Crippen molar-refractivity contribution in [1.82, 2.24) is 15.3 Å². The second-order valence-corrected chi connectivity index (χ2v) is 8.01. The SMILES string of the molecule is Cc1ccc(SCCC(=O)NC(c2nc3ccccc3[nH]2)C(C)C)cc1. The molecule has 1 unspecified atom stereocenters. The first-order valence-corrected chi connectivity index (χ1v) is 9.95. The van der Waals surface area contributed by atoms with E-state index in [9.17, 15) is 4.79 Å². The lowest BCUT2D eigenvalue weighted by atomic mass is 10.0.